The van der Waals surface area contributed by atoms with Crippen LogP contribution < -0.4 is 10.1 Å². The topological polar surface area (TPSA) is 55.4 Å². The highest BCUT2D eigenvalue weighted by Crippen LogP contribution is 2.12. The highest BCUT2D eigenvalue weighted by atomic mass is 16.5. The van der Waals surface area contributed by atoms with Crippen LogP contribution in [0.25, 0.3) is 0 Å². The van der Waals surface area contributed by atoms with Crippen molar-refractivity contribution in [3.05, 3.63) is 65.7 Å². The van der Waals surface area contributed by atoms with E-state index in [9.17, 15) is 9.59 Å². The molecular formula is C18H19NO3. The van der Waals surface area contributed by atoms with Crippen LogP contribution in [0, 0.1) is 0 Å². The summed E-state index contributed by atoms with van der Waals surface area (Å²) >= 11 is 0. The number of benzene rings is 2. The molecule has 1 amide bonds. The van der Waals surface area contributed by atoms with E-state index in [4.69, 9.17) is 4.74 Å². The molecule has 0 aliphatic rings. The first-order valence-electron chi connectivity index (χ1n) is 7.17. The maximum Gasteiger partial charge on any atom is 0.220 e. The lowest BCUT2D eigenvalue weighted by Gasteiger charge is -2.07. The minimum Gasteiger partial charge on any atom is -0.497 e. The number of amides is 1. The normalized spacial score (nSPS) is 10.0. The van der Waals surface area contributed by atoms with Gasteiger partial charge in [0.05, 0.1) is 7.11 Å². The van der Waals surface area contributed by atoms with Crippen LogP contribution in [0.3, 0.4) is 0 Å². The Bertz CT molecular complexity index is 638. The van der Waals surface area contributed by atoms with Crippen LogP contribution >= 0.6 is 0 Å². The Balaban J connectivity index is 1.77. The number of methoxy groups -OCH3 is 1. The predicted molar refractivity (Wildman–Crippen MR) is 84.8 cm³/mol. The quantitative estimate of drug-likeness (QED) is 0.799. The van der Waals surface area contributed by atoms with Gasteiger partial charge in [-0.3, -0.25) is 9.59 Å². The number of nitrogens with one attached hydrogen (secondary N) is 1. The van der Waals surface area contributed by atoms with Crippen molar-refractivity contribution in [1.82, 2.24) is 5.32 Å². The van der Waals surface area contributed by atoms with Crippen LogP contribution in [0.15, 0.2) is 54.6 Å². The molecule has 2 aromatic carbocycles. The summed E-state index contributed by atoms with van der Waals surface area (Å²) in [5.74, 6) is 0.607. The zero-order valence-corrected chi connectivity index (χ0v) is 12.5. The third kappa shape index (κ3) is 4.74. The molecule has 4 nitrogen and oxygen atoms in total. The molecule has 0 aromatic heterocycles. The summed E-state index contributed by atoms with van der Waals surface area (Å²) in [5.41, 5.74) is 1.60. The number of hydrogen-bond acceptors (Lipinski definition) is 3. The van der Waals surface area contributed by atoms with E-state index < -0.39 is 0 Å². The van der Waals surface area contributed by atoms with E-state index in [0.717, 1.165) is 11.3 Å². The van der Waals surface area contributed by atoms with Gasteiger partial charge < -0.3 is 10.1 Å². The number of ketones is 1. The van der Waals surface area contributed by atoms with Crippen molar-refractivity contribution in [3.63, 3.8) is 0 Å². The average molecular weight is 297 g/mol. The second kappa shape index (κ2) is 7.98. The SMILES string of the molecule is COc1cccc(CNC(=O)CCC(=O)c2ccccc2)c1. The second-order valence-corrected chi connectivity index (χ2v) is 4.92. The Kier molecular flexibility index (Phi) is 5.72. The first kappa shape index (κ1) is 15.8. The zero-order chi connectivity index (χ0) is 15.8. The van der Waals surface area contributed by atoms with Gasteiger partial charge in [0.1, 0.15) is 5.75 Å². The third-order valence-corrected chi connectivity index (χ3v) is 3.30. The summed E-state index contributed by atoms with van der Waals surface area (Å²) < 4.78 is 5.13. The second-order valence-electron chi connectivity index (χ2n) is 4.92. The van der Waals surface area contributed by atoms with Gasteiger partial charge in [-0.25, -0.2) is 0 Å². The van der Waals surface area contributed by atoms with Gasteiger partial charge >= 0.3 is 0 Å². The van der Waals surface area contributed by atoms with Crippen LogP contribution in [-0.4, -0.2) is 18.8 Å². The molecule has 0 saturated carbocycles. The number of ether oxygens (including phenoxy) is 1. The summed E-state index contributed by atoms with van der Waals surface area (Å²) in [4.78, 5) is 23.7. The van der Waals surface area contributed by atoms with Crippen LogP contribution in [-0.2, 0) is 11.3 Å². The van der Waals surface area contributed by atoms with Gasteiger partial charge in [0, 0.05) is 24.9 Å². The molecule has 22 heavy (non-hydrogen) atoms. The smallest absolute Gasteiger partial charge is 0.220 e. The third-order valence-electron chi connectivity index (χ3n) is 3.30. The van der Waals surface area contributed by atoms with Gasteiger partial charge in [-0.1, -0.05) is 42.5 Å². The van der Waals surface area contributed by atoms with E-state index in [1.165, 1.54) is 0 Å². The van der Waals surface area contributed by atoms with Crippen molar-refractivity contribution in [1.29, 1.82) is 0 Å². The van der Waals surface area contributed by atoms with Crippen molar-refractivity contribution in [2.75, 3.05) is 7.11 Å². The summed E-state index contributed by atoms with van der Waals surface area (Å²) in [5, 5.41) is 2.81. The highest BCUT2D eigenvalue weighted by molar-refractivity contribution is 5.97. The molecule has 0 aliphatic heterocycles. The van der Waals surface area contributed by atoms with Gasteiger partial charge in [-0.05, 0) is 17.7 Å². The molecule has 0 fully saturated rings. The van der Waals surface area contributed by atoms with Crippen molar-refractivity contribution >= 4 is 11.7 Å². The van der Waals surface area contributed by atoms with Gasteiger partial charge in [0.15, 0.2) is 5.78 Å². The zero-order valence-electron chi connectivity index (χ0n) is 12.5. The first-order valence-corrected chi connectivity index (χ1v) is 7.17. The van der Waals surface area contributed by atoms with Crippen molar-refractivity contribution in [2.24, 2.45) is 0 Å². The van der Waals surface area contributed by atoms with Crippen LogP contribution in [0.4, 0.5) is 0 Å². The van der Waals surface area contributed by atoms with E-state index in [1.807, 2.05) is 42.5 Å². The lowest BCUT2D eigenvalue weighted by Crippen LogP contribution is -2.23. The summed E-state index contributed by atoms with van der Waals surface area (Å²) in [6.07, 6.45) is 0.408. The van der Waals surface area contributed by atoms with Gasteiger partial charge in [-0.2, -0.15) is 0 Å². The van der Waals surface area contributed by atoms with E-state index >= 15 is 0 Å². The Morgan fingerprint density at radius 3 is 2.50 bits per heavy atom. The highest BCUT2D eigenvalue weighted by Gasteiger charge is 2.08. The number of hydrogen-bond donors (Lipinski definition) is 1. The van der Waals surface area contributed by atoms with Gasteiger partial charge in [-0.15, -0.1) is 0 Å². The average Bonchev–Trinajstić information content (AvgIpc) is 2.58. The number of Topliss-reactive ketones (excluding diaryl/α,β-unsaturated/α-hetero) is 1. The van der Waals surface area contributed by atoms with Gasteiger partial charge in [0.2, 0.25) is 5.91 Å². The van der Waals surface area contributed by atoms with Crippen molar-refractivity contribution in [2.45, 2.75) is 19.4 Å². The molecule has 0 unspecified atom stereocenters. The van der Waals surface area contributed by atoms with Crippen LogP contribution in [0.2, 0.25) is 0 Å². The number of rotatable bonds is 7. The maximum absolute atomic E-state index is 11.9. The molecule has 0 bridgehead atoms. The Hall–Kier alpha value is -2.62. The first-order chi connectivity index (χ1) is 10.7. The fraction of sp³-hybridized carbons (Fsp3) is 0.222. The maximum atomic E-state index is 11.9. The Morgan fingerprint density at radius 1 is 1.00 bits per heavy atom. The predicted octanol–water partition coefficient (Wildman–Crippen LogP) is 2.97. The molecule has 0 heterocycles. The summed E-state index contributed by atoms with van der Waals surface area (Å²) in [6.45, 7) is 0.426. The van der Waals surface area contributed by atoms with E-state index in [-0.39, 0.29) is 24.5 Å². The summed E-state index contributed by atoms with van der Waals surface area (Å²) in [6, 6.07) is 16.5. The van der Waals surface area contributed by atoms with Crippen molar-refractivity contribution < 1.29 is 14.3 Å². The molecule has 0 spiro atoms. The largest absolute Gasteiger partial charge is 0.497 e. The minimum absolute atomic E-state index is 0.0165. The van der Waals surface area contributed by atoms with Gasteiger partial charge in [0.25, 0.3) is 0 Å². The molecule has 0 radical (unpaired) electrons. The fourth-order valence-electron chi connectivity index (χ4n) is 2.07. The minimum atomic E-state index is -0.132. The van der Waals surface area contributed by atoms with Crippen LogP contribution in [0.5, 0.6) is 5.75 Å². The molecule has 2 rings (SSSR count). The monoisotopic (exact) mass is 297 g/mol. The lowest BCUT2D eigenvalue weighted by molar-refractivity contribution is -0.121. The molecule has 0 saturated heterocycles. The number of carbonyl (C=O) groups is 2. The Morgan fingerprint density at radius 2 is 1.77 bits per heavy atom. The molecule has 114 valence electrons. The van der Waals surface area contributed by atoms with Crippen LogP contribution in [0.1, 0.15) is 28.8 Å². The molecule has 0 aliphatic carbocycles. The van der Waals surface area contributed by atoms with E-state index in [0.29, 0.717) is 12.1 Å². The van der Waals surface area contributed by atoms with E-state index in [1.54, 1.807) is 19.2 Å². The lowest BCUT2D eigenvalue weighted by atomic mass is 10.1. The Labute approximate surface area is 130 Å². The van der Waals surface area contributed by atoms with E-state index in [2.05, 4.69) is 5.32 Å². The molecule has 1 N–H and O–H groups in total. The summed E-state index contributed by atoms with van der Waals surface area (Å²) in [7, 11) is 1.60. The standard InChI is InChI=1S/C18H19NO3/c1-22-16-9-5-6-14(12-16)13-19-18(21)11-10-17(20)15-7-3-2-4-8-15/h2-9,12H,10-11,13H2,1H3,(H,19,21). The molecule has 4 heteroatoms. The molecular weight excluding hydrogens is 278 g/mol. The van der Waals surface area contributed by atoms with Crippen molar-refractivity contribution in [3.8, 4) is 5.75 Å². The molecule has 2 aromatic rings. The molecule has 0 atom stereocenters. The number of carbonyl (C=O) groups excluding carboxylic acids is 2. The fourth-order valence-corrected chi connectivity index (χ4v) is 2.07.